The summed E-state index contributed by atoms with van der Waals surface area (Å²) in [6, 6.07) is 5.20. The fraction of sp³-hybridized carbons (Fsp3) is 0.625. The molecular formula is C16H22FNO2. The molecule has 1 aromatic rings. The van der Waals surface area contributed by atoms with Gasteiger partial charge in [-0.15, -0.1) is 0 Å². The van der Waals surface area contributed by atoms with Gasteiger partial charge in [0, 0.05) is 24.1 Å². The predicted octanol–water partition coefficient (Wildman–Crippen LogP) is 2.55. The molecule has 2 fully saturated rings. The Labute approximate surface area is 119 Å². The third kappa shape index (κ3) is 2.96. The van der Waals surface area contributed by atoms with Crippen molar-refractivity contribution < 1.29 is 14.2 Å². The van der Waals surface area contributed by atoms with E-state index < -0.39 is 0 Å². The van der Waals surface area contributed by atoms with E-state index in [1.54, 1.807) is 6.07 Å². The molecule has 2 aliphatic rings. The fourth-order valence-corrected chi connectivity index (χ4v) is 3.04. The van der Waals surface area contributed by atoms with Crippen LogP contribution in [-0.2, 0) is 0 Å². The molecule has 20 heavy (non-hydrogen) atoms. The summed E-state index contributed by atoms with van der Waals surface area (Å²) in [5.74, 6) is 0.350. The van der Waals surface area contributed by atoms with Crippen LogP contribution in [0, 0.1) is 12.7 Å². The summed E-state index contributed by atoms with van der Waals surface area (Å²) < 4.78 is 19.2. The van der Waals surface area contributed by atoms with Crippen LogP contribution in [0.3, 0.4) is 0 Å². The lowest BCUT2D eigenvalue weighted by atomic mass is 9.98. The van der Waals surface area contributed by atoms with E-state index in [9.17, 15) is 9.50 Å². The van der Waals surface area contributed by atoms with Gasteiger partial charge in [0.25, 0.3) is 0 Å². The van der Waals surface area contributed by atoms with Crippen LogP contribution in [0.1, 0.15) is 37.7 Å². The third-order valence-electron chi connectivity index (χ3n) is 4.40. The van der Waals surface area contributed by atoms with Crippen molar-refractivity contribution in [2.24, 2.45) is 0 Å². The maximum atomic E-state index is 13.3. The highest BCUT2D eigenvalue weighted by Crippen LogP contribution is 2.36. The number of benzene rings is 1. The Kier molecular flexibility index (Phi) is 3.69. The van der Waals surface area contributed by atoms with Gasteiger partial charge < -0.3 is 15.2 Å². The molecule has 0 aliphatic heterocycles. The van der Waals surface area contributed by atoms with Gasteiger partial charge in [0.2, 0.25) is 0 Å². The van der Waals surface area contributed by atoms with E-state index in [-0.39, 0.29) is 24.1 Å². The quantitative estimate of drug-likeness (QED) is 0.870. The first-order chi connectivity index (χ1) is 9.60. The fourth-order valence-electron chi connectivity index (χ4n) is 3.04. The molecule has 3 nitrogen and oxygen atoms in total. The van der Waals surface area contributed by atoms with Crippen molar-refractivity contribution in [3.8, 4) is 5.75 Å². The second-order valence-corrected chi connectivity index (χ2v) is 6.25. The van der Waals surface area contributed by atoms with Crippen LogP contribution in [-0.4, -0.2) is 29.4 Å². The van der Waals surface area contributed by atoms with Crippen LogP contribution in [0.2, 0.25) is 0 Å². The van der Waals surface area contributed by atoms with Crippen molar-refractivity contribution in [1.82, 2.24) is 5.32 Å². The monoisotopic (exact) mass is 279 g/mol. The minimum Gasteiger partial charge on any atom is -0.490 e. The highest BCUT2D eigenvalue weighted by molar-refractivity contribution is 5.33. The van der Waals surface area contributed by atoms with Gasteiger partial charge in [0.1, 0.15) is 17.7 Å². The molecule has 0 bridgehead atoms. The average molecular weight is 279 g/mol. The lowest BCUT2D eigenvalue weighted by Crippen LogP contribution is -2.48. The summed E-state index contributed by atoms with van der Waals surface area (Å²) in [6.07, 6.45) is 5.06. The average Bonchev–Trinajstić information content (AvgIpc) is 3.14. The summed E-state index contributed by atoms with van der Waals surface area (Å²) in [5.41, 5.74) is 0.746. The molecule has 4 heteroatoms. The molecule has 2 saturated carbocycles. The number of ether oxygens (including phenoxy) is 1. The van der Waals surface area contributed by atoms with Crippen LogP contribution in [0.4, 0.5) is 4.39 Å². The molecule has 1 aromatic carbocycles. The maximum absolute atomic E-state index is 13.3. The summed E-state index contributed by atoms with van der Waals surface area (Å²) >= 11 is 0. The Balaban J connectivity index is 1.65. The zero-order valence-electron chi connectivity index (χ0n) is 11.9. The molecule has 2 atom stereocenters. The van der Waals surface area contributed by atoms with Crippen LogP contribution in [0.25, 0.3) is 0 Å². The molecule has 0 aromatic heterocycles. The minimum atomic E-state index is -0.270. The van der Waals surface area contributed by atoms with Gasteiger partial charge in [0.05, 0.1) is 6.61 Å². The van der Waals surface area contributed by atoms with Crippen molar-refractivity contribution in [2.75, 3.05) is 6.61 Å². The van der Waals surface area contributed by atoms with Crippen molar-refractivity contribution in [3.63, 3.8) is 0 Å². The van der Waals surface area contributed by atoms with Crippen molar-refractivity contribution in [3.05, 3.63) is 29.6 Å². The van der Waals surface area contributed by atoms with Crippen molar-refractivity contribution >= 4 is 0 Å². The molecule has 110 valence electrons. The number of nitrogens with one attached hydrogen (secondary N) is 1. The zero-order chi connectivity index (χ0) is 14.2. The Morgan fingerprint density at radius 2 is 2.20 bits per heavy atom. The molecule has 0 amide bonds. The Morgan fingerprint density at radius 1 is 1.40 bits per heavy atom. The van der Waals surface area contributed by atoms with E-state index in [2.05, 4.69) is 5.32 Å². The number of hydrogen-bond donors (Lipinski definition) is 2. The third-order valence-corrected chi connectivity index (χ3v) is 4.40. The standard InChI is InChI=1S/C16H22FNO2/c1-11-2-3-12(17)8-15(11)20-14-6-7-16(9-14,10-19)18-13-4-5-13/h2-3,8,13-14,18-19H,4-7,9-10H2,1H3. The van der Waals surface area contributed by atoms with E-state index in [1.165, 1.54) is 25.0 Å². The lowest BCUT2D eigenvalue weighted by molar-refractivity contribution is 0.138. The summed E-state index contributed by atoms with van der Waals surface area (Å²) in [4.78, 5) is 0. The number of aliphatic hydroxyl groups is 1. The zero-order valence-corrected chi connectivity index (χ0v) is 11.9. The van der Waals surface area contributed by atoms with Gasteiger partial charge in [-0.2, -0.15) is 0 Å². The molecule has 0 spiro atoms. The van der Waals surface area contributed by atoms with Crippen LogP contribution < -0.4 is 10.1 Å². The molecule has 0 saturated heterocycles. The normalized spacial score (nSPS) is 29.6. The van der Waals surface area contributed by atoms with Gasteiger partial charge in [-0.3, -0.25) is 0 Å². The number of aryl methyl sites for hydroxylation is 1. The topological polar surface area (TPSA) is 41.5 Å². The largest absolute Gasteiger partial charge is 0.490 e. The van der Waals surface area contributed by atoms with E-state index >= 15 is 0 Å². The number of rotatable bonds is 5. The second-order valence-electron chi connectivity index (χ2n) is 6.25. The van der Waals surface area contributed by atoms with Crippen molar-refractivity contribution in [1.29, 1.82) is 0 Å². The molecule has 0 radical (unpaired) electrons. The van der Waals surface area contributed by atoms with Crippen LogP contribution in [0.5, 0.6) is 5.75 Å². The summed E-state index contributed by atoms with van der Waals surface area (Å²) in [7, 11) is 0. The van der Waals surface area contributed by atoms with E-state index in [0.717, 1.165) is 24.8 Å². The van der Waals surface area contributed by atoms with Gasteiger partial charge in [-0.25, -0.2) is 4.39 Å². The van der Waals surface area contributed by atoms with Gasteiger partial charge in [-0.1, -0.05) is 6.07 Å². The van der Waals surface area contributed by atoms with Crippen molar-refractivity contribution in [2.45, 2.75) is 56.7 Å². The Bertz CT molecular complexity index is 489. The van der Waals surface area contributed by atoms with Crippen LogP contribution >= 0.6 is 0 Å². The van der Waals surface area contributed by atoms with Crippen LogP contribution in [0.15, 0.2) is 18.2 Å². The van der Waals surface area contributed by atoms with E-state index in [1.807, 2.05) is 6.92 Å². The molecule has 2 unspecified atom stereocenters. The first kappa shape index (κ1) is 13.8. The van der Waals surface area contributed by atoms with Gasteiger partial charge >= 0.3 is 0 Å². The molecular weight excluding hydrogens is 257 g/mol. The minimum absolute atomic E-state index is 0.0499. The van der Waals surface area contributed by atoms with E-state index in [4.69, 9.17) is 4.74 Å². The molecule has 2 aliphatic carbocycles. The predicted molar refractivity (Wildman–Crippen MR) is 75.4 cm³/mol. The first-order valence-corrected chi connectivity index (χ1v) is 7.42. The number of halogens is 1. The Morgan fingerprint density at radius 3 is 2.90 bits per heavy atom. The second kappa shape index (κ2) is 5.34. The molecule has 0 heterocycles. The molecule has 2 N–H and O–H groups in total. The summed E-state index contributed by atoms with van der Waals surface area (Å²) in [5, 5.41) is 13.3. The smallest absolute Gasteiger partial charge is 0.126 e. The summed E-state index contributed by atoms with van der Waals surface area (Å²) in [6.45, 7) is 2.07. The number of aliphatic hydroxyl groups excluding tert-OH is 1. The molecule has 3 rings (SSSR count). The first-order valence-electron chi connectivity index (χ1n) is 7.42. The highest BCUT2D eigenvalue weighted by atomic mass is 19.1. The Hall–Kier alpha value is -1.13. The maximum Gasteiger partial charge on any atom is 0.126 e. The SMILES string of the molecule is Cc1ccc(F)cc1OC1CCC(CO)(NC2CC2)C1. The highest BCUT2D eigenvalue weighted by Gasteiger charge is 2.43. The lowest BCUT2D eigenvalue weighted by Gasteiger charge is -2.28. The van der Waals surface area contributed by atoms with Gasteiger partial charge in [-0.05, 0) is 44.2 Å². The number of hydrogen-bond acceptors (Lipinski definition) is 3. The van der Waals surface area contributed by atoms with Gasteiger partial charge in [0.15, 0.2) is 0 Å². The van der Waals surface area contributed by atoms with E-state index in [0.29, 0.717) is 11.8 Å².